The zero-order valence-corrected chi connectivity index (χ0v) is 18.7. The number of nitrogens with one attached hydrogen (secondary N) is 1. The highest BCUT2D eigenvalue weighted by Crippen LogP contribution is 2.17. The van der Waals surface area contributed by atoms with Crippen molar-refractivity contribution >= 4 is 23.6 Å². The van der Waals surface area contributed by atoms with Crippen molar-refractivity contribution in [3.63, 3.8) is 0 Å². The summed E-state index contributed by atoms with van der Waals surface area (Å²) in [4.78, 5) is 35.8. The first-order valence-electron chi connectivity index (χ1n) is 10.3. The SMILES string of the molecule is CC(C)COC(=O)/C(=C\c1cccc([N+](=O)[O-])c1)NC(=O)c1ccc(OCC(C)C)cc1. The minimum Gasteiger partial charge on any atom is -0.493 e. The van der Waals surface area contributed by atoms with Gasteiger partial charge in [-0.25, -0.2) is 4.79 Å². The molecule has 1 amide bonds. The molecule has 0 fully saturated rings. The third-order valence-corrected chi connectivity index (χ3v) is 4.11. The van der Waals surface area contributed by atoms with Crippen LogP contribution in [0.5, 0.6) is 5.75 Å². The van der Waals surface area contributed by atoms with Crippen LogP contribution in [0, 0.1) is 22.0 Å². The molecule has 0 bridgehead atoms. The molecule has 0 atom stereocenters. The lowest BCUT2D eigenvalue weighted by Gasteiger charge is -2.12. The van der Waals surface area contributed by atoms with Gasteiger partial charge in [0.25, 0.3) is 11.6 Å². The number of hydrogen-bond acceptors (Lipinski definition) is 6. The molecule has 8 heteroatoms. The van der Waals surface area contributed by atoms with Crippen molar-refractivity contribution in [3.05, 3.63) is 75.5 Å². The van der Waals surface area contributed by atoms with Crippen molar-refractivity contribution in [2.45, 2.75) is 27.7 Å². The molecule has 0 aliphatic rings. The van der Waals surface area contributed by atoms with Gasteiger partial charge in [0.05, 0.1) is 18.1 Å². The fourth-order valence-electron chi connectivity index (χ4n) is 2.52. The monoisotopic (exact) mass is 440 g/mol. The Morgan fingerprint density at radius 2 is 1.69 bits per heavy atom. The molecule has 1 N–H and O–H groups in total. The molecule has 2 aromatic carbocycles. The Kier molecular flexibility index (Phi) is 8.95. The third-order valence-electron chi connectivity index (χ3n) is 4.11. The summed E-state index contributed by atoms with van der Waals surface area (Å²) in [5, 5.41) is 13.6. The van der Waals surface area contributed by atoms with E-state index in [1.54, 1.807) is 30.3 Å². The standard InChI is InChI=1S/C24H28N2O6/c1-16(2)14-31-21-10-8-19(9-11-21)23(27)25-22(24(28)32-15-17(3)4)13-18-6-5-7-20(12-18)26(29)30/h5-13,16-17H,14-15H2,1-4H3,(H,25,27)/b22-13+. The Morgan fingerprint density at radius 3 is 2.28 bits per heavy atom. The van der Waals surface area contributed by atoms with Gasteiger partial charge >= 0.3 is 5.97 Å². The van der Waals surface area contributed by atoms with Gasteiger partial charge in [-0.15, -0.1) is 0 Å². The number of carbonyl (C=O) groups is 2. The quantitative estimate of drug-likeness (QED) is 0.250. The number of benzene rings is 2. The predicted molar refractivity (Wildman–Crippen MR) is 121 cm³/mol. The van der Waals surface area contributed by atoms with Gasteiger partial charge in [-0.2, -0.15) is 0 Å². The Bertz CT molecular complexity index is 980. The molecule has 8 nitrogen and oxygen atoms in total. The summed E-state index contributed by atoms with van der Waals surface area (Å²) in [7, 11) is 0. The number of esters is 1. The first-order valence-corrected chi connectivity index (χ1v) is 10.3. The Morgan fingerprint density at radius 1 is 1.03 bits per heavy atom. The minimum atomic E-state index is -0.726. The summed E-state index contributed by atoms with van der Waals surface area (Å²) >= 11 is 0. The van der Waals surface area contributed by atoms with E-state index in [0.29, 0.717) is 29.4 Å². The van der Waals surface area contributed by atoms with Gasteiger partial charge in [0, 0.05) is 17.7 Å². The fourth-order valence-corrected chi connectivity index (χ4v) is 2.52. The molecule has 32 heavy (non-hydrogen) atoms. The molecule has 0 aliphatic heterocycles. The molecule has 0 heterocycles. The van der Waals surface area contributed by atoms with E-state index in [1.165, 1.54) is 24.3 Å². The number of carbonyl (C=O) groups excluding carboxylic acids is 2. The van der Waals surface area contributed by atoms with Crippen molar-refractivity contribution in [2.24, 2.45) is 11.8 Å². The predicted octanol–water partition coefficient (Wildman–Crippen LogP) is 4.60. The van der Waals surface area contributed by atoms with E-state index in [9.17, 15) is 19.7 Å². The third kappa shape index (κ3) is 7.86. The van der Waals surface area contributed by atoms with E-state index < -0.39 is 16.8 Å². The molecule has 0 saturated carbocycles. The Hall–Kier alpha value is -3.68. The average molecular weight is 440 g/mol. The average Bonchev–Trinajstić information content (AvgIpc) is 2.76. The Labute approximate surface area is 187 Å². The molecular weight excluding hydrogens is 412 g/mol. The van der Waals surface area contributed by atoms with E-state index >= 15 is 0 Å². The van der Waals surface area contributed by atoms with Gasteiger partial charge in [-0.3, -0.25) is 14.9 Å². The second kappa shape index (κ2) is 11.6. The molecule has 0 unspecified atom stereocenters. The van der Waals surface area contributed by atoms with Gasteiger partial charge in [-0.05, 0) is 47.7 Å². The van der Waals surface area contributed by atoms with E-state index in [1.807, 2.05) is 27.7 Å². The molecular formula is C24H28N2O6. The van der Waals surface area contributed by atoms with Gasteiger partial charge in [0.1, 0.15) is 11.4 Å². The molecule has 0 saturated heterocycles. The van der Waals surface area contributed by atoms with Crippen molar-refractivity contribution in [3.8, 4) is 5.75 Å². The van der Waals surface area contributed by atoms with Crippen LogP contribution in [-0.2, 0) is 9.53 Å². The smallest absolute Gasteiger partial charge is 0.354 e. The topological polar surface area (TPSA) is 108 Å². The molecule has 0 aromatic heterocycles. The second-order valence-corrected chi connectivity index (χ2v) is 8.09. The number of nitro groups is 1. The zero-order valence-electron chi connectivity index (χ0n) is 18.7. The van der Waals surface area contributed by atoms with Crippen molar-refractivity contribution in [1.29, 1.82) is 0 Å². The second-order valence-electron chi connectivity index (χ2n) is 8.09. The lowest BCUT2D eigenvalue weighted by molar-refractivity contribution is -0.384. The van der Waals surface area contributed by atoms with Crippen molar-refractivity contribution in [2.75, 3.05) is 13.2 Å². The van der Waals surface area contributed by atoms with Crippen LogP contribution in [0.3, 0.4) is 0 Å². The van der Waals surface area contributed by atoms with E-state index in [0.717, 1.165) is 0 Å². The number of ether oxygens (including phenoxy) is 2. The van der Waals surface area contributed by atoms with Crippen LogP contribution in [0.15, 0.2) is 54.2 Å². The van der Waals surface area contributed by atoms with Gasteiger partial charge < -0.3 is 14.8 Å². The fraction of sp³-hybridized carbons (Fsp3) is 0.333. The molecule has 2 aromatic rings. The van der Waals surface area contributed by atoms with Gasteiger partial charge in [0.15, 0.2) is 0 Å². The van der Waals surface area contributed by atoms with E-state index in [2.05, 4.69) is 5.32 Å². The first-order chi connectivity index (χ1) is 15.2. The largest absolute Gasteiger partial charge is 0.493 e. The van der Waals surface area contributed by atoms with Crippen LogP contribution in [0.4, 0.5) is 5.69 Å². The maximum absolute atomic E-state index is 12.7. The molecule has 0 radical (unpaired) electrons. The van der Waals surface area contributed by atoms with Crippen LogP contribution in [-0.4, -0.2) is 30.0 Å². The van der Waals surface area contributed by atoms with Crippen LogP contribution in [0.2, 0.25) is 0 Å². The molecule has 0 spiro atoms. The van der Waals surface area contributed by atoms with Gasteiger partial charge in [-0.1, -0.05) is 39.8 Å². The van der Waals surface area contributed by atoms with E-state index in [-0.39, 0.29) is 23.9 Å². The summed E-state index contributed by atoms with van der Waals surface area (Å²) in [6, 6.07) is 12.3. The highest BCUT2D eigenvalue weighted by Gasteiger charge is 2.17. The summed E-state index contributed by atoms with van der Waals surface area (Å²) < 4.78 is 10.9. The van der Waals surface area contributed by atoms with Crippen LogP contribution in [0.1, 0.15) is 43.6 Å². The molecule has 2 rings (SSSR count). The van der Waals surface area contributed by atoms with Crippen LogP contribution < -0.4 is 10.1 Å². The number of non-ortho nitro benzene ring substituents is 1. The minimum absolute atomic E-state index is 0.104. The zero-order chi connectivity index (χ0) is 23.7. The summed E-state index contributed by atoms with van der Waals surface area (Å²) in [5.74, 6) is -0.128. The lowest BCUT2D eigenvalue weighted by atomic mass is 10.1. The van der Waals surface area contributed by atoms with E-state index in [4.69, 9.17) is 9.47 Å². The molecule has 170 valence electrons. The number of amides is 1. The Balaban J connectivity index is 2.24. The van der Waals surface area contributed by atoms with Crippen molar-refractivity contribution in [1.82, 2.24) is 5.32 Å². The highest BCUT2D eigenvalue weighted by atomic mass is 16.6. The highest BCUT2D eigenvalue weighted by molar-refractivity contribution is 6.03. The summed E-state index contributed by atoms with van der Waals surface area (Å²) in [6.45, 7) is 8.58. The van der Waals surface area contributed by atoms with Crippen LogP contribution >= 0.6 is 0 Å². The number of rotatable bonds is 10. The summed E-state index contributed by atoms with van der Waals surface area (Å²) in [6.07, 6.45) is 1.35. The van der Waals surface area contributed by atoms with Crippen LogP contribution in [0.25, 0.3) is 6.08 Å². The molecule has 0 aliphatic carbocycles. The van der Waals surface area contributed by atoms with Gasteiger partial charge in [0.2, 0.25) is 0 Å². The lowest BCUT2D eigenvalue weighted by Crippen LogP contribution is -2.29. The van der Waals surface area contributed by atoms with Crippen molar-refractivity contribution < 1.29 is 24.0 Å². The first kappa shape index (κ1) is 24.6. The maximum atomic E-state index is 12.7. The summed E-state index contributed by atoms with van der Waals surface area (Å²) in [5.41, 5.74) is 0.463. The number of hydrogen-bond donors (Lipinski definition) is 1. The normalized spacial score (nSPS) is 11.4. The maximum Gasteiger partial charge on any atom is 0.354 e. The number of nitro benzene ring substituents is 1. The number of nitrogens with zero attached hydrogens (tertiary/aromatic N) is 1.